The third-order valence-corrected chi connectivity index (χ3v) is 2.75. The Morgan fingerprint density at radius 3 is 2.95 bits per heavy atom. The highest BCUT2D eigenvalue weighted by Gasteiger charge is 2.15. The summed E-state index contributed by atoms with van der Waals surface area (Å²) in [6.07, 6.45) is 2.24. The lowest BCUT2D eigenvalue weighted by atomic mass is 10.0. The summed E-state index contributed by atoms with van der Waals surface area (Å²) in [7, 11) is 0. The zero-order valence-corrected chi connectivity index (χ0v) is 10.8. The van der Waals surface area contributed by atoms with E-state index in [4.69, 9.17) is 9.52 Å². The van der Waals surface area contributed by atoms with Crippen LogP contribution >= 0.6 is 0 Å². The summed E-state index contributed by atoms with van der Waals surface area (Å²) in [5, 5.41) is 16.6. The Labute approximate surface area is 110 Å². The monoisotopic (exact) mass is 261 g/mol. The third-order valence-electron chi connectivity index (χ3n) is 2.75. The molecule has 2 aromatic heterocycles. The first kappa shape index (κ1) is 13.2. The van der Waals surface area contributed by atoms with Crippen LogP contribution in [-0.2, 0) is 11.2 Å². The number of carboxylic acid groups (broad SMARTS) is 1. The van der Waals surface area contributed by atoms with Crippen LogP contribution in [0.2, 0.25) is 0 Å². The van der Waals surface area contributed by atoms with E-state index in [1.807, 2.05) is 19.9 Å². The molecule has 0 aliphatic rings. The molecule has 0 fully saturated rings. The quantitative estimate of drug-likeness (QED) is 0.886. The van der Waals surface area contributed by atoms with E-state index >= 15 is 0 Å². The smallest absolute Gasteiger partial charge is 0.303 e. The van der Waals surface area contributed by atoms with Crippen molar-refractivity contribution < 1.29 is 14.3 Å². The first-order valence-corrected chi connectivity index (χ1v) is 6.02. The van der Waals surface area contributed by atoms with Crippen molar-refractivity contribution in [3.8, 4) is 11.5 Å². The van der Waals surface area contributed by atoms with Crippen LogP contribution < -0.4 is 0 Å². The van der Waals surface area contributed by atoms with Crippen molar-refractivity contribution in [1.82, 2.24) is 15.2 Å². The number of pyridine rings is 1. The molecular formula is C13H15N3O3. The lowest BCUT2D eigenvalue weighted by molar-refractivity contribution is -0.137. The van der Waals surface area contributed by atoms with E-state index < -0.39 is 5.97 Å². The first-order valence-electron chi connectivity index (χ1n) is 6.02. The van der Waals surface area contributed by atoms with E-state index in [-0.39, 0.29) is 12.3 Å². The summed E-state index contributed by atoms with van der Waals surface area (Å²) in [6.45, 7) is 3.71. The molecule has 0 radical (unpaired) electrons. The summed E-state index contributed by atoms with van der Waals surface area (Å²) >= 11 is 0. The van der Waals surface area contributed by atoms with Gasteiger partial charge in [0.25, 0.3) is 0 Å². The zero-order valence-electron chi connectivity index (χ0n) is 10.8. The molecule has 0 saturated heterocycles. The van der Waals surface area contributed by atoms with Crippen LogP contribution in [0.25, 0.3) is 11.5 Å². The van der Waals surface area contributed by atoms with E-state index in [1.165, 1.54) is 0 Å². The number of nitrogens with zero attached hydrogens (tertiary/aromatic N) is 3. The first-order chi connectivity index (χ1) is 9.06. The van der Waals surface area contributed by atoms with Gasteiger partial charge in [-0.15, -0.1) is 10.2 Å². The number of rotatable bonds is 5. The van der Waals surface area contributed by atoms with Gasteiger partial charge in [0, 0.05) is 24.7 Å². The largest absolute Gasteiger partial charge is 0.481 e. The maximum absolute atomic E-state index is 10.6. The highest BCUT2D eigenvalue weighted by molar-refractivity contribution is 5.66. The SMILES string of the molecule is Cc1ncccc1-c1nnc(CC(C)CC(=O)O)o1. The predicted molar refractivity (Wildman–Crippen MR) is 67.4 cm³/mol. The molecule has 1 N–H and O–H groups in total. The molecule has 6 heteroatoms. The van der Waals surface area contributed by atoms with Crippen molar-refractivity contribution in [2.75, 3.05) is 0 Å². The van der Waals surface area contributed by atoms with Crippen LogP contribution in [0, 0.1) is 12.8 Å². The van der Waals surface area contributed by atoms with Crippen molar-refractivity contribution in [2.45, 2.75) is 26.7 Å². The number of hydrogen-bond acceptors (Lipinski definition) is 5. The van der Waals surface area contributed by atoms with Crippen molar-refractivity contribution in [3.63, 3.8) is 0 Å². The molecule has 1 atom stereocenters. The van der Waals surface area contributed by atoms with Gasteiger partial charge in [0.15, 0.2) is 0 Å². The second-order valence-electron chi connectivity index (χ2n) is 4.54. The van der Waals surface area contributed by atoms with Crippen molar-refractivity contribution in [3.05, 3.63) is 29.9 Å². The summed E-state index contributed by atoms with van der Waals surface area (Å²) < 4.78 is 5.55. The van der Waals surface area contributed by atoms with Crippen LogP contribution in [0.3, 0.4) is 0 Å². The van der Waals surface area contributed by atoms with Gasteiger partial charge in [0.1, 0.15) is 0 Å². The fourth-order valence-corrected chi connectivity index (χ4v) is 1.82. The van der Waals surface area contributed by atoms with E-state index in [9.17, 15) is 4.79 Å². The van der Waals surface area contributed by atoms with E-state index in [1.54, 1.807) is 12.3 Å². The third kappa shape index (κ3) is 3.37. The molecule has 0 spiro atoms. The van der Waals surface area contributed by atoms with Crippen molar-refractivity contribution in [1.29, 1.82) is 0 Å². The van der Waals surface area contributed by atoms with Gasteiger partial charge < -0.3 is 9.52 Å². The predicted octanol–water partition coefficient (Wildman–Crippen LogP) is 2.09. The maximum Gasteiger partial charge on any atom is 0.303 e. The van der Waals surface area contributed by atoms with E-state index in [2.05, 4.69) is 15.2 Å². The van der Waals surface area contributed by atoms with Gasteiger partial charge in [-0.05, 0) is 25.0 Å². The number of hydrogen-bond donors (Lipinski definition) is 1. The second-order valence-corrected chi connectivity index (χ2v) is 4.54. The topological polar surface area (TPSA) is 89.1 Å². The molecular weight excluding hydrogens is 246 g/mol. The molecule has 0 aliphatic carbocycles. The Kier molecular flexibility index (Phi) is 3.89. The van der Waals surface area contributed by atoms with Gasteiger partial charge in [0.2, 0.25) is 11.8 Å². The Morgan fingerprint density at radius 2 is 2.26 bits per heavy atom. The van der Waals surface area contributed by atoms with Crippen LogP contribution in [0.5, 0.6) is 0 Å². The van der Waals surface area contributed by atoms with Crippen molar-refractivity contribution >= 4 is 5.97 Å². The summed E-state index contributed by atoms with van der Waals surface area (Å²) in [5.41, 5.74) is 1.61. The molecule has 19 heavy (non-hydrogen) atoms. The molecule has 0 saturated carbocycles. The van der Waals surface area contributed by atoms with Gasteiger partial charge in [-0.2, -0.15) is 0 Å². The molecule has 100 valence electrons. The van der Waals surface area contributed by atoms with E-state index in [0.29, 0.717) is 18.2 Å². The normalized spacial score (nSPS) is 12.3. The summed E-state index contributed by atoms with van der Waals surface area (Å²) in [4.78, 5) is 14.8. The number of aliphatic carboxylic acids is 1. The summed E-state index contributed by atoms with van der Waals surface area (Å²) in [6, 6.07) is 3.67. The molecule has 2 rings (SSSR count). The molecule has 6 nitrogen and oxygen atoms in total. The van der Waals surface area contributed by atoms with Crippen LogP contribution in [-0.4, -0.2) is 26.3 Å². The van der Waals surface area contributed by atoms with Gasteiger partial charge in [-0.3, -0.25) is 9.78 Å². The minimum atomic E-state index is -0.824. The fraction of sp³-hybridized carbons (Fsp3) is 0.385. The highest BCUT2D eigenvalue weighted by atomic mass is 16.4. The molecule has 1 unspecified atom stereocenters. The van der Waals surface area contributed by atoms with Gasteiger partial charge in [-0.1, -0.05) is 6.92 Å². The number of aryl methyl sites for hydroxylation is 1. The molecule has 2 heterocycles. The standard InChI is InChI=1S/C13H15N3O3/c1-8(7-12(17)18)6-11-15-16-13(19-11)10-4-3-5-14-9(10)2/h3-5,8H,6-7H2,1-2H3,(H,17,18). The van der Waals surface area contributed by atoms with Crippen LogP contribution in [0.4, 0.5) is 0 Å². The average molecular weight is 261 g/mol. The maximum atomic E-state index is 10.6. The Balaban J connectivity index is 2.11. The number of aromatic nitrogens is 3. The van der Waals surface area contributed by atoms with Crippen LogP contribution in [0.1, 0.15) is 24.9 Å². The molecule has 0 bridgehead atoms. The Bertz CT molecular complexity index is 580. The minimum Gasteiger partial charge on any atom is -0.481 e. The average Bonchev–Trinajstić information content (AvgIpc) is 2.76. The van der Waals surface area contributed by atoms with Gasteiger partial charge >= 0.3 is 5.97 Å². The number of carboxylic acids is 1. The molecule has 0 aromatic carbocycles. The summed E-state index contributed by atoms with van der Waals surface area (Å²) in [5.74, 6) is 0.00580. The zero-order chi connectivity index (χ0) is 13.8. The molecule has 2 aromatic rings. The Hall–Kier alpha value is -2.24. The second kappa shape index (κ2) is 5.60. The lowest BCUT2D eigenvalue weighted by Crippen LogP contribution is -2.07. The van der Waals surface area contributed by atoms with E-state index in [0.717, 1.165) is 11.3 Å². The highest BCUT2D eigenvalue weighted by Crippen LogP contribution is 2.21. The number of carbonyl (C=O) groups is 1. The minimum absolute atomic E-state index is 0.0409. The van der Waals surface area contributed by atoms with Gasteiger partial charge in [-0.25, -0.2) is 0 Å². The van der Waals surface area contributed by atoms with Crippen LogP contribution in [0.15, 0.2) is 22.7 Å². The Morgan fingerprint density at radius 1 is 1.47 bits per heavy atom. The fourth-order valence-electron chi connectivity index (χ4n) is 1.82. The molecule has 0 amide bonds. The van der Waals surface area contributed by atoms with Crippen molar-refractivity contribution in [2.24, 2.45) is 5.92 Å². The lowest BCUT2D eigenvalue weighted by Gasteiger charge is -2.03. The molecule has 0 aliphatic heterocycles. The van der Waals surface area contributed by atoms with Gasteiger partial charge in [0.05, 0.1) is 5.56 Å².